The number of aromatic nitrogens is 3. The largest absolute Gasteiger partial charge is 0.316 e. The third kappa shape index (κ3) is 5.31. The first-order valence-electron chi connectivity index (χ1n) is 7.72. The van der Waals surface area contributed by atoms with Crippen molar-refractivity contribution in [1.29, 1.82) is 0 Å². The van der Waals surface area contributed by atoms with Gasteiger partial charge in [0.2, 0.25) is 0 Å². The normalized spacial score (nSPS) is 12.8. The fourth-order valence-corrected chi connectivity index (χ4v) is 2.50. The van der Waals surface area contributed by atoms with Crippen molar-refractivity contribution >= 4 is 0 Å². The van der Waals surface area contributed by atoms with Gasteiger partial charge in [-0.15, -0.1) is 0 Å². The predicted molar refractivity (Wildman–Crippen MR) is 86.1 cm³/mol. The van der Waals surface area contributed by atoms with Gasteiger partial charge in [0.15, 0.2) is 0 Å². The quantitative estimate of drug-likeness (QED) is 0.810. The molecule has 0 aliphatic rings. The summed E-state index contributed by atoms with van der Waals surface area (Å²) < 4.78 is 1.88. The molecular weight excluding hydrogens is 260 g/mol. The van der Waals surface area contributed by atoms with Crippen LogP contribution in [0.5, 0.6) is 0 Å². The molecule has 1 aromatic heterocycles. The summed E-state index contributed by atoms with van der Waals surface area (Å²) in [6.45, 7) is 6.55. The molecule has 1 heterocycles. The summed E-state index contributed by atoms with van der Waals surface area (Å²) in [6, 6.07) is 10.7. The van der Waals surface area contributed by atoms with Crippen molar-refractivity contribution in [3.05, 3.63) is 48.0 Å². The number of nitrogens with one attached hydrogen (secondary N) is 1. The molecule has 114 valence electrons. The maximum absolute atomic E-state index is 4.36. The summed E-state index contributed by atoms with van der Waals surface area (Å²) >= 11 is 0. The molecule has 0 spiro atoms. The molecule has 2 aromatic rings. The minimum Gasteiger partial charge on any atom is -0.316 e. The molecule has 1 atom stereocenters. The van der Waals surface area contributed by atoms with Crippen LogP contribution in [0.15, 0.2) is 36.7 Å². The summed E-state index contributed by atoms with van der Waals surface area (Å²) in [7, 11) is 1.96. The molecule has 0 amide bonds. The molecule has 0 saturated heterocycles. The smallest absolute Gasteiger partial charge is 0.138 e. The number of hydrogen-bond donors (Lipinski definition) is 1. The van der Waals surface area contributed by atoms with Gasteiger partial charge in [0.05, 0.1) is 0 Å². The molecule has 0 aliphatic heterocycles. The Morgan fingerprint density at radius 3 is 2.48 bits per heavy atom. The average molecular weight is 286 g/mol. The minimum atomic E-state index is 0.536. The number of nitrogens with zero attached hydrogens (tertiary/aromatic N) is 3. The Labute approximate surface area is 127 Å². The predicted octanol–water partition coefficient (Wildman–Crippen LogP) is 2.46. The van der Waals surface area contributed by atoms with Crippen LogP contribution in [0.1, 0.15) is 25.2 Å². The zero-order chi connectivity index (χ0) is 15.1. The molecule has 0 saturated carbocycles. The second-order valence-electron chi connectivity index (χ2n) is 6.11. The second-order valence-corrected chi connectivity index (χ2v) is 6.11. The molecule has 4 heteroatoms. The number of aryl methyl sites for hydroxylation is 1. The van der Waals surface area contributed by atoms with E-state index in [0.717, 1.165) is 31.8 Å². The van der Waals surface area contributed by atoms with E-state index in [0.29, 0.717) is 11.8 Å². The van der Waals surface area contributed by atoms with Crippen LogP contribution in [0.2, 0.25) is 0 Å². The van der Waals surface area contributed by atoms with Crippen molar-refractivity contribution in [2.75, 3.05) is 13.1 Å². The second kappa shape index (κ2) is 7.93. The highest BCUT2D eigenvalue weighted by atomic mass is 15.3. The van der Waals surface area contributed by atoms with Crippen molar-refractivity contribution in [1.82, 2.24) is 20.1 Å². The summed E-state index contributed by atoms with van der Waals surface area (Å²) in [5.74, 6) is 2.27. The fourth-order valence-electron chi connectivity index (χ4n) is 2.50. The van der Waals surface area contributed by atoms with Gasteiger partial charge in [-0.1, -0.05) is 44.2 Å². The van der Waals surface area contributed by atoms with E-state index in [1.54, 1.807) is 6.33 Å². The minimum absolute atomic E-state index is 0.536. The van der Waals surface area contributed by atoms with Crippen molar-refractivity contribution in [2.24, 2.45) is 18.9 Å². The molecule has 4 nitrogen and oxygen atoms in total. The molecule has 1 N–H and O–H groups in total. The van der Waals surface area contributed by atoms with E-state index in [4.69, 9.17) is 0 Å². The highest BCUT2D eigenvalue weighted by molar-refractivity contribution is 5.15. The Kier molecular flexibility index (Phi) is 5.93. The van der Waals surface area contributed by atoms with E-state index in [1.807, 2.05) is 11.7 Å². The van der Waals surface area contributed by atoms with Gasteiger partial charge in [0.25, 0.3) is 0 Å². The standard InChI is InChI=1S/C17H26N4/c1-14(2)11-18-12-16(9-15-7-5-4-6-8-15)10-17-19-13-20-21(17)3/h4-8,13-14,16,18H,9-12H2,1-3H3. The number of rotatable bonds is 8. The monoisotopic (exact) mass is 286 g/mol. The van der Waals surface area contributed by atoms with Crippen LogP contribution in [0.4, 0.5) is 0 Å². The highest BCUT2D eigenvalue weighted by Crippen LogP contribution is 2.13. The summed E-state index contributed by atoms with van der Waals surface area (Å²) in [5.41, 5.74) is 1.39. The molecular formula is C17H26N4. The van der Waals surface area contributed by atoms with Crippen LogP contribution in [-0.4, -0.2) is 27.9 Å². The van der Waals surface area contributed by atoms with Crippen LogP contribution in [0.3, 0.4) is 0 Å². The topological polar surface area (TPSA) is 42.7 Å². The maximum Gasteiger partial charge on any atom is 0.138 e. The molecule has 0 aliphatic carbocycles. The van der Waals surface area contributed by atoms with Gasteiger partial charge in [0.1, 0.15) is 12.2 Å². The zero-order valence-corrected chi connectivity index (χ0v) is 13.3. The maximum atomic E-state index is 4.36. The van der Waals surface area contributed by atoms with Crippen LogP contribution >= 0.6 is 0 Å². The van der Waals surface area contributed by atoms with Gasteiger partial charge in [-0.25, -0.2) is 4.98 Å². The first-order valence-corrected chi connectivity index (χ1v) is 7.72. The van der Waals surface area contributed by atoms with Gasteiger partial charge < -0.3 is 5.32 Å². The third-order valence-corrected chi connectivity index (χ3v) is 3.63. The lowest BCUT2D eigenvalue weighted by atomic mass is 9.95. The molecule has 0 bridgehead atoms. The van der Waals surface area contributed by atoms with Gasteiger partial charge >= 0.3 is 0 Å². The van der Waals surface area contributed by atoms with Crippen LogP contribution in [-0.2, 0) is 19.9 Å². The number of hydrogen-bond acceptors (Lipinski definition) is 3. The Morgan fingerprint density at radius 1 is 1.10 bits per heavy atom. The SMILES string of the molecule is CC(C)CNCC(Cc1ccccc1)Cc1ncnn1C. The van der Waals surface area contributed by atoms with Crippen molar-refractivity contribution in [3.8, 4) is 0 Å². The molecule has 1 aromatic carbocycles. The van der Waals surface area contributed by atoms with Crippen LogP contribution < -0.4 is 5.32 Å². The first kappa shape index (κ1) is 15.7. The first-order chi connectivity index (χ1) is 10.1. The van der Waals surface area contributed by atoms with Gasteiger partial charge in [0, 0.05) is 13.5 Å². The lowest BCUT2D eigenvalue weighted by molar-refractivity contribution is 0.433. The lowest BCUT2D eigenvalue weighted by Crippen LogP contribution is -2.29. The van der Waals surface area contributed by atoms with Crippen LogP contribution in [0.25, 0.3) is 0 Å². The van der Waals surface area contributed by atoms with Gasteiger partial charge in [-0.05, 0) is 36.9 Å². The third-order valence-electron chi connectivity index (χ3n) is 3.63. The van der Waals surface area contributed by atoms with Crippen molar-refractivity contribution in [2.45, 2.75) is 26.7 Å². The fraction of sp³-hybridized carbons (Fsp3) is 0.529. The lowest BCUT2D eigenvalue weighted by Gasteiger charge is -2.18. The Morgan fingerprint density at radius 2 is 1.86 bits per heavy atom. The van der Waals surface area contributed by atoms with Crippen molar-refractivity contribution < 1.29 is 0 Å². The van der Waals surface area contributed by atoms with Gasteiger partial charge in [-0.3, -0.25) is 4.68 Å². The summed E-state index contributed by atoms with van der Waals surface area (Å²) in [4.78, 5) is 4.36. The Bertz CT molecular complexity index is 519. The van der Waals surface area contributed by atoms with Crippen molar-refractivity contribution in [3.63, 3.8) is 0 Å². The zero-order valence-electron chi connectivity index (χ0n) is 13.3. The van der Waals surface area contributed by atoms with E-state index < -0.39 is 0 Å². The van der Waals surface area contributed by atoms with E-state index in [-0.39, 0.29) is 0 Å². The molecule has 2 rings (SSSR count). The highest BCUT2D eigenvalue weighted by Gasteiger charge is 2.14. The Hall–Kier alpha value is -1.68. The molecule has 21 heavy (non-hydrogen) atoms. The average Bonchev–Trinajstić information content (AvgIpc) is 2.85. The van der Waals surface area contributed by atoms with E-state index in [1.165, 1.54) is 5.56 Å². The van der Waals surface area contributed by atoms with E-state index >= 15 is 0 Å². The molecule has 0 radical (unpaired) electrons. The molecule has 0 fully saturated rings. The van der Waals surface area contributed by atoms with E-state index in [9.17, 15) is 0 Å². The summed E-state index contributed by atoms with van der Waals surface area (Å²) in [6.07, 6.45) is 3.66. The van der Waals surface area contributed by atoms with E-state index in [2.05, 4.69) is 59.6 Å². The number of benzene rings is 1. The summed E-state index contributed by atoms with van der Waals surface area (Å²) in [5, 5.41) is 7.75. The molecule has 1 unspecified atom stereocenters. The van der Waals surface area contributed by atoms with Gasteiger partial charge in [-0.2, -0.15) is 5.10 Å². The Balaban J connectivity index is 1.97. The van der Waals surface area contributed by atoms with Crippen LogP contribution in [0, 0.1) is 11.8 Å².